The molecule has 1 saturated heterocycles. The summed E-state index contributed by atoms with van der Waals surface area (Å²) in [5.41, 5.74) is 0. The van der Waals surface area contributed by atoms with Gasteiger partial charge in [-0.05, 0) is 34.7 Å². The minimum Gasteiger partial charge on any atom is -0.355 e. The fourth-order valence-corrected chi connectivity index (χ4v) is 3.07. The molecule has 1 aliphatic rings. The van der Waals surface area contributed by atoms with Crippen molar-refractivity contribution >= 4 is 37.7 Å². The Morgan fingerprint density at radius 1 is 1.53 bits per heavy atom. The molecule has 1 fully saturated rings. The number of aromatic nitrogens is 2. The molecule has 2 heterocycles. The van der Waals surface area contributed by atoms with Crippen LogP contribution in [0, 0.1) is 5.92 Å². The van der Waals surface area contributed by atoms with Crippen molar-refractivity contribution in [3.05, 3.63) is 17.0 Å². The highest BCUT2D eigenvalue weighted by Crippen LogP contribution is 2.29. The van der Waals surface area contributed by atoms with Gasteiger partial charge in [-0.1, -0.05) is 15.9 Å². The van der Waals surface area contributed by atoms with E-state index in [-0.39, 0.29) is 0 Å². The van der Waals surface area contributed by atoms with Crippen LogP contribution in [-0.4, -0.2) is 28.4 Å². The van der Waals surface area contributed by atoms with Crippen molar-refractivity contribution in [2.75, 3.05) is 23.3 Å². The van der Waals surface area contributed by atoms with Gasteiger partial charge in [0.15, 0.2) is 0 Å². The lowest BCUT2D eigenvalue weighted by Crippen LogP contribution is -2.21. The standard InChI is InChI=1S/C10H13Br2N3/c11-3-1-8-2-4-15(6-8)10-9(12)5-13-7-14-10/h5,7-8H,1-4,6H2. The smallest absolute Gasteiger partial charge is 0.146 e. The molecule has 0 radical (unpaired) electrons. The average molecular weight is 335 g/mol. The maximum Gasteiger partial charge on any atom is 0.146 e. The molecule has 1 aliphatic heterocycles. The Bertz CT molecular complexity index is 332. The lowest BCUT2D eigenvalue weighted by atomic mass is 10.1. The van der Waals surface area contributed by atoms with Crippen molar-refractivity contribution in [2.24, 2.45) is 5.92 Å². The number of rotatable bonds is 3. The minimum atomic E-state index is 0.797. The number of anilines is 1. The Morgan fingerprint density at radius 3 is 3.13 bits per heavy atom. The summed E-state index contributed by atoms with van der Waals surface area (Å²) in [7, 11) is 0. The Labute approximate surface area is 107 Å². The first-order valence-corrected chi connectivity index (χ1v) is 6.99. The van der Waals surface area contributed by atoms with Gasteiger partial charge in [-0.25, -0.2) is 9.97 Å². The lowest BCUT2D eigenvalue weighted by molar-refractivity contribution is 0.575. The molecular formula is C10H13Br2N3. The summed E-state index contributed by atoms with van der Waals surface area (Å²) in [4.78, 5) is 10.6. The van der Waals surface area contributed by atoms with Gasteiger partial charge in [0.25, 0.3) is 0 Å². The summed E-state index contributed by atoms with van der Waals surface area (Å²) in [5.74, 6) is 1.83. The van der Waals surface area contributed by atoms with Crippen LogP contribution in [0.1, 0.15) is 12.8 Å². The summed E-state index contributed by atoms with van der Waals surface area (Å²) in [6, 6.07) is 0. The van der Waals surface area contributed by atoms with Crippen LogP contribution in [0.3, 0.4) is 0 Å². The third-order valence-electron chi connectivity index (χ3n) is 2.75. The summed E-state index contributed by atoms with van der Waals surface area (Å²) in [6.45, 7) is 2.22. The van der Waals surface area contributed by atoms with Gasteiger partial charge in [-0.2, -0.15) is 0 Å². The third-order valence-corrected chi connectivity index (χ3v) is 3.77. The average Bonchev–Trinajstić information content (AvgIpc) is 2.68. The second-order valence-corrected chi connectivity index (χ2v) is 5.42. The molecule has 1 unspecified atom stereocenters. The second kappa shape index (κ2) is 5.25. The van der Waals surface area contributed by atoms with E-state index in [1.807, 2.05) is 0 Å². The van der Waals surface area contributed by atoms with Gasteiger partial charge in [-0.15, -0.1) is 0 Å². The first-order chi connectivity index (χ1) is 7.31. The van der Waals surface area contributed by atoms with Gasteiger partial charge in [-0.3, -0.25) is 0 Å². The van der Waals surface area contributed by atoms with Crippen LogP contribution in [0.15, 0.2) is 17.0 Å². The molecule has 0 amide bonds. The Kier molecular flexibility index (Phi) is 3.97. The van der Waals surface area contributed by atoms with Crippen molar-refractivity contribution in [2.45, 2.75) is 12.8 Å². The SMILES string of the molecule is BrCCC1CCN(c2ncncc2Br)C1. The van der Waals surface area contributed by atoms with Crippen molar-refractivity contribution in [1.29, 1.82) is 0 Å². The Hall–Kier alpha value is -0.160. The van der Waals surface area contributed by atoms with Crippen molar-refractivity contribution in [3.8, 4) is 0 Å². The first kappa shape index (κ1) is 11.3. The van der Waals surface area contributed by atoms with Crippen LogP contribution in [0.5, 0.6) is 0 Å². The highest BCUT2D eigenvalue weighted by atomic mass is 79.9. The predicted octanol–water partition coefficient (Wildman–Crippen LogP) is 2.85. The number of hydrogen-bond donors (Lipinski definition) is 0. The summed E-state index contributed by atoms with van der Waals surface area (Å²) < 4.78 is 0.990. The molecule has 1 aromatic rings. The Morgan fingerprint density at radius 2 is 2.40 bits per heavy atom. The predicted molar refractivity (Wildman–Crippen MR) is 68.5 cm³/mol. The number of nitrogens with zero attached hydrogens (tertiary/aromatic N) is 3. The summed E-state index contributed by atoms with van der Waals surface area (Å²) in [6.07, 6.45) is 5.93. The normalized spacial score (nSPS) is 20.9. The molecule has 15 heavy (non-hydrogen) atoms. The Balaban J connectivity index is 2.04. The molecule has 2 rings (SSSR count). The van der Waals surface area contributed by atoms with E-state index >= 15 is 0 Å². The maximum atomic E-state index is 4.31. The number of halogens is 2. The van der Waals surface area contributed by atoms with Crippen LogP contribution in [0.4, 0.5) is 5.82 Å². The monoisotopic (exact) mass is 333 g/mol. The van der Waals surface area contributed by atoms with Crippen molar-refractivity contribution < 1.29 is 0 Å². The van der Waals surface area contributed by atoms with Gasteiger partial charge in [0.2, 0.25) is 0 Å². The molecule has 0 N–H and O–H groups in total. The minimum absolute atomic E-state index is 0.797. The molecule has 0 aromatic carbocycles. The van der Waals surface area contributed by atoms with Crippen LogP contribution in [0.2, 0.25) is 0 Å². The lowest BCUT2D eigenvalue weighted by Gasteiger charge is -2.18. The molecule has 3 nitrogen and oxygen atoms in total. The molecule has 5 heteroatoms. The van der Waals surface area contributed by atoms with E-state index in [4.69, 9.17) is 0 Å². The molecule has 0 spiro atoms. The fraction of sp³-hybridized carbons (Fsp3) is 0.600. The van der Waals surface area contributed by atoms with Gasteiger partial charge >= 0.3 is 0 Å². The van der Waals surface area contributed by atoms with E-state index in [1.165, 1.54) is 12.8 Å². The van der Waals surface area contributed by atoms with E-state index < -0.39 is 0 Å². The van der Waals surface area contributed by atoms with Crippen LogP contribution in [0.25, 0.3) is 0 Å². The second-order valence-electron chi connectivity index (χ2n) is 3.77. The van der Waals surface area contributed by atoms with Gasteiger partial charge in [0, 0.05) is 24.6 Å². The molecule has 82 valence electrons. The van der Waals surface area contributed by atoms with E-state index in [1.54, 1.807) is 12.5 Å². The molecule has 1 atom stereocenters. The number of hydrogen-bond acceptors (Lipinski definition) is 3. The van der Waals surface area contributed by atoms with E-state index in [2.05, 4.69) is 46.7 Å². The fourth-order valence-electron chi connectivity index (χ4n) is 1.95. The molecule has 0 bridgehead atoms. The highest BCUT2D eigenvalue weighted by molar-refractivity contribution is 9.10. The van der Waals surface area contributed by atoms with Gasteiger partial charge in [0.1, 0.15) is 12.1 Å². The molecule has 1 aromatic heterocycles. The molecule has 0 aliphatic carbocycles. The zero-order valence-corrected chi connectivity index (χ0v) is 11.5. The van der Waals surface area contributed by atoms with Crippen LogP contribution >= 0.6 is 31.9 Å². The first-order valence-electron chi connectivity index (χ1n) is 5.07. The summed E-state index contributed by atoms with van der Waals surface area (Å²) >= 11 is 6.99. The zero-order valence-electron chi connectivity index (χ0n) is 8.37. The number of alkyl halides is 1. The van der Waals surface area contributed by atoms with Crippen molar-refractivity contribution in [1.82, 2.24) is 9.97 Å². The van der Waals surface area contributed by atoms with Crippen LogP contribution in [-0.2, 0) is 0 Å². The van der Waals surface area contributed by atoms with E-state index in [9.17, 15) is 0 Å². The topological polar surface area (TPSA) is 29.0 Å². The third kappa shape index (κ3) is 2.69. The van der Waals surface area contributed by atoms with Crippen LogP contribution < -0.4 is 4.90 Å². The molecular weight excluding hydrogens is 322 g/mol. The van der Waals surface area contributed by atoms with Crippen molar-refractivity contribution in [3.63, 3.8) is 0 Å². The highest BCUT2D eigenvalue weighted by Gasteiger charge is 2.23. The summed E-state index contributed by atoms with van der Waals surface area (Å²) in [5, 5.41) is 1.09. The molecule has 0 saturated carbocycles. The maximum absolute atomic E-state index is 4.31. The van der Waals surface area contributed by atoms with Gasteiger partial charge < -0.3 is 4.90 Å². The van der Waals surface area contributed by atoms with E-state index in [0.29, 0.717) is 0 Å². The van der Waals surface area contributed by atoms with Gasteiger partial charge in [0.05, 0.1) is 4.47 Å². The largest absolute Gasteiger partial charge is 0.355 e. The zero-order chi connectivity index (χ0) is 10.7. The van der Waals surface area contributed by atoms with E-state index in [0.717, 1.165) is 34.6 Å². The quantitative estimate of drug-likeness (QED) is 0.796.